The minimum atomic E-state index is -1.09. The van der Waals surface area contributed by atoms with Crippen LogP contribution in [0.1, 0.15) is 77.7 Å². The van der Waals surface area contributed by atoms with Crippen LogP contribution in [0.5, 0.6) is 5.75 Å². The summed E-state index contributed by atoms with van der Waals surface area (Å²) in [6.45, 7) is 4.81. The van der Waals surface area contributed by atoms with Crippen LogP contribution in [0.4, 0.5) is 0 Å². The molecule has 6 rings (SSSR count). The van der Waals surface area contributed by atoms with Gasteiger partial charge in [-0.2, -0.15) is 0 Å². The highest BCUT2D eigenvalue weighted by molar-refractivity contribution is 7.21. The van der Waals surface area contributed by atoms with Crippen molar-refractivity contribution >= 4 is 32.9 Å². The number of carboxylic acid groups (broad SMARTS) is 1. The van der Waals surface area contributed by atoms with Gasteiger partial charge in [-0.05, 0) is 95.3 Å². The first-order chi connectivity index (χ1) is 19.5. The molecule has 40 heavy (non-hydrogen) atoms. The van der Waals surface area contributed by atoms with Crippen molar-refractivity contribution in [3.05, 3.63) is 105 Å². The average Bonchev–Trinajstić information content (AvgIpc) is 3.70. The van der Waals surface area contributed by atoms with Gasteiger partial charge < -0.3 is 9.84 Å². The molecule has 0 aliphatic heterocycles. The van der Waals surface area contributed by atoms with Gasteiger partial charge in [0.1, 0.15) is 10.6 Å². The summed E-state index contributed by atoms with van der Waals surface area (Å²) in [6.07, 6.45) is 6.01. The summed E-state index contributed by atoms with van der Waals surface area (Å²) in [7, 11) is 0. The highest BCUT2D eigenvalue weighted by atomic mass is 32.1. The van der Waals surface area contributed by atoms with Crippen LogP contribution >= 0.6 is 11.3 Å². The molecule has 0 unspecified atom stereocenters. The molecular formula is C34H33NO4S. The molecule has 5 aromatic rings. The summed E-state index contributed by atoms with van der Waals surface area (Å²) >= 11 is 1.42. The second-order valence-corrected chi connectivity index (χ2v) is 11.8. The lowest BCUT2D eigenvalue weighted by atomic mass is 9.95. The molecule has 204 valence electrons. The van der Waals surface area contributed by atoms with Crippen LogP contribution in [-0.2, 0) is 6.42 Å². The van der Waals surface area contributed by atoms with Crippen molar-refractivity contribution in [2.75, 3.05) is 6.61 Å². The number of benzene rings is 3. The Morgan fingerprint density at radius 2 is 1.82 bits per heavy atom. The predicted octanol–water partition coefficient (Wildman–Crippen LogP) is 8.23. The maximum Gasteiger partial charge on any atom is 0.354 e. The number of carboxylic acids is 1. The van der Waals surface area contributed by atoms with Gasteiger partial charge in [-0.15, -0.1) is 11.3 Å². The molecule has 1 aliphatic rings. The third kappa shape index (κ3) is 4.92. The van der Waals surface area contributed by atoms with Crippen molar-refractivity contribution < 1.29 is 14.6 Å². The summed E-state index contributed by atoms with van der Waals surface area (Å²) in [5, 5.41) is 12.7. The lowest BCUT2D eigenvalue weighted by Gasteiger charge is -2.13. The maximum atomic E-state index is 13.6. The molecule has 0 amide bonds. The number of carbonyl (C=O) groups is 1. The largest absolute Gasteiger partial charge is 0.493 e. The number of nitrogens with zero attached hydrogens (tertiary/aromatic N) is 1. The van der Waals surface area contributed by atoms with E-state index in [4.69, 9.17) is 4.74 Å². The van der Waals surface area contributed by atoms with Crippen molar-refractivity contribution in [1.29, 1.82) is 0 Å². The van der Waals surface area contributed by atoms with Crippen molar-refractivity contribution in [3.8, 4) is 16.2 Å². The van der Waals surface area contributed by atoms with Gasteiger partial charge in [0.05, 0.1) is 11.5 Å². The molecule has 0 spiro atoms. The summed E-state index contributed by atoms with van der Waals surface area (Å²) in [4.78, 5) is 27.6. The maximum absolute atomic E-state index is 13.6. The number of aromatic carboxylic acids is 1. The standard InChI is InChI=1S/C34H33NO4S/c1-3-4-7-17-39-28-16-15-25(18-21(28)2)32-31(34(37)38)35-29(36)20-26(30(23-13-14-23)33(35)40-32)19-24-11-8-10-22-9-5-6-12-27(22)24/h5-6,8-12,15-16,18,20,23H,3-4,7,13-14,17,19H2,1-2H3,(H,37,38). The highest BCUT2D eigenvalue weighted by Crippen LogP contribution is 2.47. The van der Waals surface area contributed by atoms with Crippen LogP contribution in [0.25, 0.3) is 26.0 Å². The quantitative estimate of drug-likeness (QED) is 0.178. The minimum absolute atomic E-state index is 0.0413. The lowest BCUT2D eigenvalue weighted by molar-refractivity contribution is 0.0690. The monoisotopic (exact) mass is 551 g/mol. The van der Waals surface area contributed by atoms with Gasteiger partial charge in [0.2, 0.25) is 0 Å². The van der Waals surface area contributed by atoms with E-state index >= 15 is 0 Å². The Morgan fingerprint density at radius 3 is 2.58 bits per heavy atom. The zero-order valence-corrected chi connectivity index (χ0v) is 23.7. The van der Waals surface area contributed by atoms with Crippen molar-refractivity contribution in [2.24, 2.45) is 0 Å². The Hall–Kier alpha value is -3.90. The Kier molecular flexibility index (Phi) is 7.20. The average molecular weight is 552 g/mol. The van der Waals surface area contributed by atoms with E-state index in [0.29, 0.717) is 23.8 Å². The third-order valence-electron chi connectivity index (χ3n) is 7.83. The van der Waals surface area contributed by atoms with E-state index in [-0.39, 0.29) is 11.3 Å². The zero-order valence-electron chi connectivity index (χ0n) is 22.9. The number of unbranched alkanes of at least 4 members (excludes halogenated alkanes) is 2. The normalized spacial score (nSPS) is 13.2. The molecule has 0 saturated heterocycles. The number of hydrogen-bond donors (Lipinski definition) is 1. The number of ether oxygens (including phenoxy) is 1. The van der Waals surface area contributed by atoms with E-state index in [2.05, 4.69) is 37.3 Å². The predicted molar refractivity (Wildman–Crippen MR) is 162 cm³/mol. The smallest absolute Gasteiger partial charge is 0.354 e. The van der Waals surface area contributed by atoms with Crippen LogP contribution in [-0.4, -0.2) is 22.1 Å². The summed E-state index contributed by atoms with van der Waals surface area (Å²) < 4.78 is 7.42. The molecular weight excluding hydrogens is 518 g/mol. The first-order valence-corrected chi connectivity index (χ1v) is 14.9. The fourth-order valence-electron chi connectivity index (χ4n) is 5.69. The van der Waals surface area contributed by atoms with Crippen LogP contribution < -0.4 is 10.3 Å². The summed E-state index contributed by atoms with van der Waals surface area (Å²) in [5.41, 5.74) is 4.79. The molecule has 6 heteroatoms. The van der Waals surface area contributed by atoms with Gasteiger partial charge in [0.15, 0.2) is 5.69 Å². The lowest BCUT2D eigenvalue weighted by Crippen LogP contribution is -2.19. The molecule has 0 bridgehead atoms. The molecule has 1 saturated carbocycles. The molecule has 1 N–H and O–H groups in total. The van der Waals surface area contributed by atoms with Crippen molar-refractivity contribution in [3.63, 3.8) is 0 Å². The van der Waals surface area contributed by atoms with Crippen LogP contribution in [0.15, 0.2) is 71.5 Å². The number of fused-ring (bicyclic) bond motifs is 2. The van der Waals surface area contributed by atoms with Crippen molar-refractivity contribution in [1.82, 2.24) is 4.40 Å². The van der Waals surface area contributed by atoms with Gasteiger partial charge in [-0.3, -0.25) is 9.20 Å². The minimum Gasteiger partial charge on any atom is -0.493 e. The highest BCUT2D eigenvalue weighted by Gasteiger charge is 2.32. The number of rotatable bonds is 10. The summed E-state index contributed by atoms with van der Waals surface area (Å²) in [5.74, 6) is 0.0600. The van der Waals surface area contributed by atoms with Gasteiger partial charge in [-0.25, -0.2) is 4.79 Å². The number of hydrogen-bond acceptors (Lipinski definition) is 4. The van der Waals surface area contributed by atoms with Gasteiger partial charge >= 0.3 is 5.97 Å². The topological polar surface area (TPSA) is 68.0 Å². The number of pyridine rings is 1. The third-order valence-corrected chi connectivity index (χ3v) is 9.06. The molecule has 0 radical (unpaired) electrons. The Balaban J connectivity index is 1.47. The van der Waals surface area contributed by atoms with Crippen LogP contribution in [0.3, 0.4) is 0 Å². The fraction of sp³-hybridized carbons (Fsp3) is 0.294. The number of aromatic nitrogens is 1. The van der Waals surface area contributed by atoms with E-state index in [1.54, 1.807) is 6.07 Å². The molecule has 2 heterocycles. The molecule has 1 aliphatic carbocycles. The van der Waals surface area contributed by atoms with E-state index in [9.17, 15) is 14.7 Å². The molecule has 3 aromatic carbocycles. The van der Waals surface area contributed by atoms with Crippen LogP contribution in [0, 0.1) is 6.92 Å². The SMILES string of the molecule is CCCCCOc1ccc(-c2sc3c(C4CC4)c(Cc4cccc5ccccc45)cc(=O)n3c2C(=O)O)cc1C. The zero-order chi connectivity index (χ0) is 27.8. The molecule has 5 nitrogen and oxygen atoms in total. The van der Waals surface area contributed by atoms with Gasteiger partial charge in [-0.1, -0.05) is 62.2 Å². The van der Waals surface area contributed by atoms with E-state index in [0.717, 1.165) is 64.9 Å². The van der Waals surface area contributed by atoms with Gasteiger partial charge in [0, 0.05) is 6.07 Å². The second-order valence-electron chi connectivity index (χ2n) is 10.8. The number of thiazole rings is 1. The Morgan fingerprint density at radius 1 is 1.02 bits per heavy atom. The Bertz CT molecular complexity index is 1790. The van der Waals surface area contributed by atoms with Crippen molar-refractivity contribution in [2.45, 2.75) is 58.3 Å². The molecule has 2 aromatic heterocycles. The summed E-state index contributed by atoms with van der Waals surface area (Å²) in [6, 6.07) is 22.1. The van der Waals surface area contributed by atoms with Gasteiger partial charge in [0.25, 0.3) is 5.56 Å². The first kappa shape index (κ1) is 26.3. The molecule has 1 fully saturated rings. The van der Waals surface area contributed by atoms with E-state index in [1.807, 2.05) is 37.3 Å². The number of aryl methyl sites for hydroxylation is 1. The first-order valence-electron chi connectivity index (χ1n) is 14.1. The fourth-order valence-corrected chi connectivity index (χ4v) is 7.08. The van der Waals surface area contributed by atoms with E-state index in [1.165, 1.54) is 32.1 Å². The molecule has 0 atom stereocenters. The Labute approximate surface area is 237 Å². The second kappa shape index (κ2) is 10.9. The van der Waals surface area contributed by atoms with E-state index < -0.39 is 5.97 Å². The van der Waals surface area contributed by atoms with Crippen LogP contribution in [0.2, 0.25) is 0 Å².